The minimum atomic E-state index is -3.37. The SMILES string of the molecule is C[C@H]1Cc2cc(C(=O)Nc3ccc(NC(=O)[C@@H]4CCCO4)cc3)ccc2N1S(C)(=O)=O. The maximum atomic E-state index is 12.7. The number of nitrogens with zero attached hydrogens (tertiary/aromatic N) is 1. The van der Waals surface area contributed by atoms with E-state index >= 15 is 0 Å². The molecule has 9 heteroatoms. The highest BCUT2D eigenvalue weighted by Gasteiger charge is 2.32. The summed E-state index contributed by atoms with van der Waals surface area (Å²) in [5.74, 6) is -0.450. The molecular weight excluding hydrogens is 418 g/mol. The first-order valence-corrected chi connectivity index (χ1v) is 12.0. The van der Waals surface area contributed by atoms with Gasteiger partial charge >= 0.3 is 0 Å². The Bertz CT molecular complexity index is 1110. The molecule has 0 spiro atoms. The van der Waals surface area contributed by atoms with Crippen molar-refractivity contribution in [3.05, 3.63) is 53.6 Å². The van der Waals surface area contributed by atoms with E-state index in [2.05, 4.69) is 10.6 Å². The van der Waals surface area contributed by atoms with Crippen molar-refractivity contribution in [1.29, 1.82) is 0 Å². The molecule has 1 fully saturated rings. The summed E-state index contributed by atoms with van der Waals surface area (Å²) in [5.41, 5.74) is 3.13. The van der Waals surface area contributed by atoms with E-state index in [4.69, 9.17) is 4.74 Å². The van der Waals surface area contributed by atoms with Crippen molar-refractivity contribution in [3.63, 3.8) is 0 Å². The summed E-state index contributed by atoms with van der Waals surface area (Å²) in [6.07, 6.45) is 2.95. The Kier molecular flexibility index (Phi) is 5.72. The van der Waals surface area contributed by atoms with Crippen molar-refractivity contribution in [2.45, 2.75) is 38.3 Å². The molecular formula is C22H25N3O5S. The zero-order chi connectivity index (χ0) is 22.2. The van der Waals surface area contributed by atoms with E-state index in [0.717, 1.165) is 18.4 Å². The molecule has 2 heterocycles. The van der Waals surface area contributed by atoms with Crippen molar-refractivity contribution in [2.24, 2.45) is 0 Å². The lowest BCUT2D eigenvalue weighted by atomic mass is 10.1. The van der Waals surface area contributed by atoms with Crippen LogP contribution in [0.3, 0.4) is 0 Å². The van der Waals surface area contributed by atoms with Crippen LogP contribution in [0.1, 0.15) is 35.7 Å². The number of fused-ring (bicyclic) bond motifs is 1. The first-order valence-electron chi connectivity index (χ1n) is 10.2. The van der Waals surface area contributed by atoms with E-state index in [9.17, 15) is 18.0 Å². The third-order valence-corrected chi connectivity index (χ3v) is 6.76. The van der Waals surface area contributed by atoms with Crippen LogP contribution < -0.4 is 14.9 Å². The molecule has 0 aliphatic carbocycles. The second-order valence-electron chi connectivity index (χ2n) is 7.98. The summed E-state index contributed by atoms with van der Waals surface area (Å²) in [6, 6.07) is 11.7. The van der Waals surface area contributed by atoms with Gasteiger partial charge in [0, 0.05) is 29.6 Å². The molecule has 0 aromatic heterocycles. The van der Waals surface area contributed by atoms with Gasteiger partial charge in [-0.3, -0.25) is 13.9 Å². The Balaban J connectivity index is 1.42. The zero-order valence-electron chi connectivity index (χ0n) is 17.4. The Morgan fingerprint density at radius 3 is 2.35 bits per heavy atom. The summed E-state index contributed by atoms with van der Waals surface area (Å²) in [6.45, 7) is 2.46. The number of anilines is 3. The van der Waals surface area contributed by atoms with Crippen LogP contribution in [0.15, 0.2) is 42.5 Å². The average Bonchev–Trinajstić information content (AvgIpc) is 3.35. The van der Waals surface area contributed by atoms with E-state index in [-0.39, 0.29) is 17.9 Å². The highest BCUT2D eigenvalue weighted by Crippen LogP contribution is 2.34. The molecule has 164 valence electrons. The number of carbonyl (C=O) groups is 2. The minimum absolute atomic E-state index is 0.162. The van der Waals surface area contributed by atoms with Crippen LogP contribution in [-0.2, 0) is 26.0 Å². The van der Waals surface area contributed by atoms with Gasteiger partial charge < -0.3 is 15.4 Å². The standard InChI is InChI=1S/C22H25N3O5S/c1-14-12-16-13-15(5-10-19(16)25(14)31(2,28)29)21(26)23-17-6-8-18(9-7-17)24-22(27)20-4-3-11-30-20/h5-10,13-14,20H,3-4,11-12H2,1-2H3,(H,23,26)(H,24,27)/t14-,20-/m0/s1. The van der Waals surface area contributed by atoms with Crippen molar-refractivity contribution in [1.82, 2.24) is 0 Å². The number of carbonyl (C=O) groups excluding carboxylic acids is 2. The van der Waals surface area contributed by atoms with Crippen LogP contribution in [0.5, 0.6) is 0 Å². The largest absolute Gasteiger partial charge is 0.368 e. The van der Waals surface area contributed by atoms with Crippen LogP contribution >= 0.6 is 0 Å². The number of rotatable bonds is 5. The number of sulfonamides is 1. The number of ether oxygens (including phenoxy) is 1. The van der Waals surface area contributed by atoms with Crippen LogP contribution in [0.4, 0.5) is 17.1 Å². The van der Waals surface area contributed by atoms with E-state index < -0.39 is 16.1 Å². The minimum Gasteiger partial charge on any atom is -0.368 e. The van der Waals surface area contributed by atoms with Gasteiger partial charge in [0.2, 0.25) is 10.0 Å². The van der Waals surface area contributed by atoms with Crippen molar-refractivity contribution in [2.75, 3.05) is 27.8 Å². The molecule has 8 nitrogen and oxygen atoms in total. The lowest BCUT2D eigenvalue weighted by Gasteiger charge is -2.21. The Morgan fingerprint density at radius 2 is 1.74 bits per heavy atom. The van der Waals surface area contributed by atoms with Crippen LogP contribution in [0, 0.1) is 0 Å². The average molecular weight is 444 g/mol. The zero-order valence-corrected chi connectivity index (χ0v) is 18.2. The molecule has 4 rings (SSSR count). The van der Waals surface area contributed by atoms with E-state index in [1.54, 1.807) is 42.5 Å². The number of benzene rings is 2. The highest BCUT2D eigenvalue weighted by atomic mass is 32.2. The molecule has 2 aromatic carbocycles. The molecule has 0 bridgehead atoms. The van der Waals surface area contributed by atoms with Gasteiger partial charge in [0.05, 0.1) is 11.9 Å². The predicted octanol–water partition coefficient (Wildman–Crippen LogP) is 2.77. The molecule has 31 heavy (non-hydrogen) atoms. The van der Waals surface area contributed by atoms with E-state index in [1.807, 2.05) is 6.92 Å². The van der Waals surface area contributed by atoms with Gasteiger partial charge in [-0.05, 0) is 74.2 Å². The fraction of sp³-hybridized carbons (Fsp3) is 0.364. The highest BCUT2D eigenvalue weighted by molar-refractivity contribution is 7.92. The van der Waals surface area contributed by atoms with Gasteiger partial charge in [0.1, 0.15) is 6.10 Å². The Labute approximate surface area is 181 Å². The molecule has 2 N–H and O–H groups in total. The lowest BCUT2D eigenvalue weighted by Crippen LogP contribution is -2.34. The molecule has 1 saturated heterocycles. The first-order chi connectivity index (χ1) is 14.7. The van der Waals surface area contributed by atoms with Crippen LogP contribution in [0.2, 0.25) is 0 Å². The van der Waals surface area contributed by atoms with Crippen molar-refractivity contribution < 1.29 is 22.7 Å². The molecule has 0 unspecified atom stereocenters. The summed E-state index contributed by atoms with van der Waals surface area (Å²) < 4.78 is 30.9. The molecule has 0 saturated carbocycles. The van der Waals surface area contributed by atoms with Crippen LogP contribution in [-0.4, -0.2) is 45.2 Å². The molecule has 2 aliphatic heterocycles. The Morgan fingerprint density at radius 1 is 1.06 bits per heavy atom. The second-order valence-corrected chi connectivity index (χ2v) is 9.84. The third-order valence-electron chi connectivity index (χ3n) is 5.48. The number of hydrogen-bond donors (Lipinski definition) is 2. The maximum absolute atomic E-state index is 12.7. The maximum Gasteiger partial charge on any atom is 0.255 e. The summed E-state index contributed by atoms with van der Waals surface area (Å²) in [4.78, 5) is 24.8. The van der Waals surface area contributed by atoms with Crippen molar-refractivity contribution >= 4 is 38.9 Å². The summed E-state index contributed by atoms with van der Waals surface area (Å²) in [5, 5.41) is 5.64. The van der Waals surface area contributed by atoms with E-state index in [0.29, 0.717) is 35.7 Å². The van der Waals surface area contributed by atoms with Gasteiger partial charge in [-0.15, -0.1) is 0 Å². The quantitative estimate of drug-likeness (QED) is 0.739. The molecule has 0 radical (unpaired) electrons. The van der Waals surface area contributed by atoms with Gasteiger partial charge in [-0.2, -0.15) is 0 Å². The monoisotopic (exact) mass is 443 g/mol. The van der Waals surface area contributed by atoms with Crippen molar-refractivity contribution in [3.8, 4) is 0 Å². The topological polar surface area (TPSA) is 105 Å². The fourth-order valence-corrected chi connectivity index (χ4v) is 5.36. The van der Waals surface area contributed by atoms with E-state index in [1.165, 1.54) is 10.6 Å². The smallest absolute Gasteiger partial charge is 0.255 e. The second kappa shape index (κ2) is 8.32. The predicted molar refractivity (Wildman–Crippen MR) is 119 cm³/mol. The molecule has 2 aromatic rings. The summed E-state index contributed by atoms with van der Waals surface area (Å²) >= 11 is 0. The lowest BCUT2D eigenvalue weighted by molar-refractivity contribution is -0.124. The normalized spacial score (nSPS) is 20.4. The number of hydrogen-bond acceptors (Lipinski definition) is 5. The number of amides is 2. The summed E-state index contributed by atoms with van der Waals surface area (Å²) in [7, 11) is -3.37. The van der Waals surface area contributed by atoms with Gasteiger partial charge in [-0.25, -0.2) is 8.42 Å². The van der Waals surface area contributed by atoms with Crippen LogP contribution in [0.25, 0.3) is 0 Å². The molecule has 2 atom stereocenters. The number of nitrogens with one attached hydrogen (secondary N) is 2. The third kappa shape index (κ3) is 4.57. The fourth-order valence-electron chi connectivity index (χ4n) is 4.10. The van der Waals surface area contributed by atoms with Gasteiger partial charge in [-0.1, -0.05) is 0 Å². The molecule has 2 aliphatic rings. The first kappa shape index (κ1) is 21.3. The molecule has 2 amide bonds. The Hall–Kier alpha value is -2.91. The van der Waals surface area contributed by atoms with Gasteiger partial charge in [0.15, 0.2) is 0 Å². The van der Waals surface area contributed by atoms with Gasteiger partial charge in [0.25, 0.3) is 11.8 Å².